The van der Waals surface area contributed by atoms with Crippen molar-refractivity contribution in [1.82, 2.24) is 23.8 Å². The van der Waals surface area contributed by atoms with Crippen molar-refractivity contribution in [2.24, 2.45) is 0 Å². The summed E-state index contributed by atoms with van der Waals surface area (Å²) in [6, 6.07) is 4.97. The van der Waals surface area contributed by atoms with Gasteiger partial charge in [0, 0.05) is 19.5 Å². The second-order valence-corrected chi connectivity index (χ2v) is 8.21. The number of hydrogen-bond acceptors (Lipinski definition) is 5. The van der Waals surface area contributed by atoms with Gasteiger partial charge in [0.25, 0.3) is 0 Å². The lowest BCUT2D eigenvalue weighted by Crippen LogP contribution is -2.42. The van der Waals surface area contributed by atoms with Crippen molar-refractivity contribution in [3.8, 4) is 5.69 Å². The Hall–Kier alpha value is -1.68. The molecule has 3 rings (SSSR count). The fraction of sp³-hybridized carbons (Fsp3) is 0.400. The molecule has 0 saturated carbocycles. The van der Waals surface area contributed by atoms with Gasteiger partial charge in [-0.25, -0.2) is 14.4 Å². The molecule has 2 heterocycles. The molecule has 1 saturated heterocycles. The first-order chi connectivity index (χ1) is 12.3. The third kappa shape index (κ3) is 3.71. The van der Waals surface area contributed by atoms with Crippen LogP contribution in [0.1, 0.15) is 36.2 Å². The molecule has 0 aliphatic carbocycles. The van der Waals surface area contributed by atoms with E-state index in [1.54, 1.807) is 18.2 Å². The molecule has 1 aromatic heterocycles. The van der Waals surface area contributed by atoms with E-state index in [0.717, 1.165) is 12.8 Å². The van der Waals surface area contributed by atoms with Crippen molar-refractivity contribution < 1.29 is 13.2 Å². The second kappa shape index (κ2) is 7.51. The zero-order chi connectivity index (χ0) is 18.9. The zero-order valence-corrected chi connectivity index (χ0v) is 16.3. The molecule has 0 radical (unpaired) electrons. The Kier molecular flexibility index (Phi) is 5.52. The van der Waals surface area contributed by atoms with E-state index >= 15 is 0 Å². The average Bonchev–Trinajstić information content (AvgIpc) is 3.24. The van der Waals surface area contributed by atoms with Crippen molar-refractivity contribution in [3.05, 3.63) is 39.9 Å². The summed E-state index contributed by atoms with van der Waals surface area (Å²) in [6.07, 6.45) is 1.99. The Labute approximate surface area is 161 Å². The van der Waals surface area contributed by atoms with Crippen molar-refractivity contribution in [2.75, 3.05) is 13.1 Å². The fourth-order valence-corrected chi connectivity index (χ4v) is 4.45. The van der Waals surface area contributed by atoms with Gasteiger partial charge in [0.1, 0.15) is 11.5 Å². The predicted octanol–water partition coefficient (Wildman–Crippen LogP) is 2.21. The van der Waals surface area contributed by atoms with Gasteiger partial charge in [-0.05, 0) is 25.0 Å². The van der Waals surface area contributed by atoms with Crippen molar-refractivity contribution in [2.45, 2.75) is 26.2 Å². The first-order valence-electron chi connectivity index (χ1n) is 8.06. The van der Waals surface area contributed by atoms with E-state index in [9.17, 15) is 13.2 Å². The van der Waals surface area contributed by atoms with Gasteiger partial charge in [0.05, 0.1) is 10.0 Å². The molecule has 11 heteroatoms. The van der Waals surface area contributed by atoms with Crippen LogP contribution in [-0.2, 0) is 16.6 Å². The van der Waals surface area contributed by atoms with E-state index < -0.39 is 16.1 Å². The summed E-state index contributed by atoms with van der Waals surface area (Å²) in [5.74, 6) is -0.724. The van der Waals surface area contributed by atoms with E-state index in [4.69, 9.17) is 23.2 Å². The number of rotatable bonds is 5. The van der Waals surface area contributed by atoms with Gasteiger partial charge in [-0.1, -0.05) is 36.2 Å². The van der Waals surface area contributed by atoms with Crippen LogP contribution in [0.3, 0.4) is 0 Å². The number of benzene rings is 1. The van der Waals surface area contributed by atoms with E-state index in [-0.39, 0.29) is 5.82 Å². The number of carbonyl (C=O) groups is 1. The number of para-hydroxylation sites is 1. The SMILES string of the molecule is CCc1nc(C(=O)NS(=O)(=O)N2CCCC2)nn1-c1c(Cl)cccc1Cl. The van der Waals surface area contributed by atoms with E-state index in [1.165, 1.54) is 8.99 Å². The summed E-state index contributed by atoms with van der Waals surface area (Å²) in [4.78, 5) is 16.5. The molecule has 1 aliphatic rings. The number of aryl methyl sites for hydroxylation is 1. The first kappa shape index (κ1) is 19.1. The summed E-state index contributed by atoms with van der Waals surface area (Å²) < 4.78 is 29.1. The lowest BCUT2D eigenvalue weighted by Gasteiger charge is -2.14. The zero-order valence-electron chi connectivity index (χ0n) is 13.9. The third-order valence-corrected chi connectivity index (χ3v) is 6.07. The number of carbonyl (C=O) groups excluding carboxylic acids is 1. The topological polar surface area (TPSA) is 97.2 Å². The lowest BCUT2D eigenvalue weighted by molar-refractivity contribution is 0.0969. The summed E-state index contributed by atoms with van der Waals surface area (Å²) in [5.41, 5.74) is 0.390. The van der Waals surface area contributed by atoms with Crippen LogP contribution in [0, 0.1) is 0 Å². The largest absolute Gasteiger partial charge is 0.305 e. The molecular formula is C15H17Cl2N5O3S. The molecule has 0 unspecified atom stereocenters. The van der Waals surface area contributed by atoms with Crippen molar-refractivity contribution in [1.29, 1.82) is 0 Å². The molecule has 2 aromatic rings. The highest BCUT2D eigenvalue weighted by Gasteiger charge is 2.29. The number of halogens is 2. The number of aromatic nitrogens is 3. The molecule has 26 heavy (non-hydrogen) atoms. The molecule has 0 atom stereocenters. The van der Waals surface area contributed by atoms with Crippen LogP contribution < -0.4 is 4.72 Å². The fourth-order valence-electron chi connectivity index (χ4n) is 2.70. The summed E-state index contributed by atoms with van der Waals surface area (Å²) in [5, 5.41) is 4.81. The molecule has 0 bridgehead atoms. The van der Waals surface area contributed by atoms with Gasteiger partial charge in [-0.2, -0.15) is 12.7 Å². The molecule has 1 amide bonds. The highest BCUT2D eigenvalue weighted by atomic mass is 35.5. The van der Waals surface area contributed by atoms with Gasteiger partial charge in [-0.15, -0.1) is 5.10 Å². The maximum Gasteiger partial charge on any atom is 0.305 e. The predicted molar refractivity (Wildman–Crippen MR) is 98.0 cm³/mol. The minimum Gasteiger partial charge on any atom is -0.264 e. The van der Waals surface area contributed by atoms with Crippen LogP contribution in [0.2, 0.25) is 10.0 Å². The molecule has 8 nitrogen and oxygen atoms in total. The minimum atomic E-state index is -3.91. The molecule has 1 aliphatic heterocycles. The standard InChI is InChI=1S/C15H17Cl2N5O3S/c1-2-12-18-14(15(23)20-26(24,25)21-8-3-4-9-21)19-22(12)13-10(16)6-5-7-11(13)17/h5-7H,2-4,8-9H2,1H3,(H,20,23). The van der Waals surface area contributed by atoms with Crippen LogP contribution in [0.4, 0.5) is 0 Å². The third-order valence-electron chi connectivity index (χ3n) is 3.97. The van der Waals surface area contributed by atoms with E-state index in [0.29, 0.717) is 41.1 Å². The van der Waals surface area contributed by atoms with E-state index in [1.807, 2.05) is 11.6 Å². The highest BCUT2D eigenvalue weighted by molar-refractivity contribution is 7.87. The van der Waals surface area contributed by atoms with Crippen molar-refractivity contribution in [3.63, 3.8) is 0 Å². The van der Waals surface area contributed by atoms with Crippen LogP contribution >= 0.6 is 23.2 Å². The van der Waals surface area contributed by atoms with E-state index in [2.05, 4.69) is 10.1 Å². The van der Waals surface area contributed by atoms with Gasteiger partial charge in [0.2, 0.25) is 5.82 Å². The maximum absolute atomic E-state index is 12.4. The Bertz CT molecular complexity index is 919. The summed E-state index contributed by atoms with van der Waals surface area (Å²) in [6.45, 7) is 2.60. The summed E-state index contributed by atoms with van der Waals surface area (Å²) >= 11 is 12.4. The maximum atomic E-state index is 12.4. The minimum absolute atomic E-state index is 0.263. The monoisotopic (exact) mass is 417 g/mol. The Morgan fingerprint density at radius 3 is 2.42 bits per heavy atom. The quantitative estimate of drug-likeness (QED) is 0.803. The summed E-state index contributed by atoms with van der Waals surface area (Å²) in [7, 11) is -3.91. The van der Waals surface area contributed by atoms with Crippen molar-refractivity contribution >= 4 is 39.3 Å². The number of nitrogens with zero attached hydrogens (tertiary/aromatic N) is 4. The normalized spacial score (nSPS) is 15.3. The van der Waals surface area contributed by atoms with Gasteiger partial charge < -0.3 is 0 Å². The first-order valence-corrected chi connectivity index (χ1v) is 10.3. The number of hydrogen-bond donors (Lipinski definition) is 1. The van der Waals surface area contributed by atoms with Crippen LogP contribution in [0.15, 0.2) is 18.2 Å². The molecule has 0 spiro atoms. The molecule has 140 valence electrons. The Balaban J connectivity index is 1.92. The molecular weight excluding hydrogens is 401 g/mol. The van der Waals surface area contributed by atoms with Crippen LogP contribution in [0.5, 0.6) is 0 Å². The number of nitrogens with one attached hydrogen (secondary N) is 1. The second-order valence-electron chi connectivity index (χ2n) is 5.73. The smallest absolute Gasteiger partial charge is 0.264 e. The average molecular weight is 418 g/mol. The van der Waals surface area contributed by atoms with Gasteiger partial charge >= 0.3 is 16.1 Å². The molecule has 1 aromatic carbocycles. The Morgan fingerprint density at radius 2 is 1.85 bits per heavy atom. The van der Waals surface area contributed by atoms with Crippen LogP contribution in [0.25, 0.3) is 5.69 Å². The lowest BCUT2D eigenvalue weighted by atomic mass is 10.3. The Morgan fingerprint density at radius 1 is 1.23 bits per heavy atom. The van der Waals surface area contributed by atoms with Crippen LogP contribution in [-0.4, -0.2) is 46.5 Å². The molecule has 1 fully saturated rings. The molecule has 1 N–H and O–H groups in total. The van der Waals surface area contributed by atoms with Gasteiger partial charge in [0.15, 0.2) is 0 Å². The highest BCUT2D eigenvalue weighted by Crippen LogP contribution is 2.28. The number of amides is 1. The van der Waals surface area contributed by atoms with Gasteiger partial charge in [-0.3, -0.25) is 4.79 Å².